The van der Waals surface area contributed by atoms with E-state index in [2.05, 4.69) is 21.2 Å². The molecule has 1 aliphatic heterocycles. The molecule has 5 nitrogen and oxygen atoms in total. The van der Waals surface area contributed by atoms with Crippen molar-refractivity contribution in [2.45, 2.75) is 26.3 Å². The Morgan fingerprint density at radius 1 is 1.29 bits per heavy atom. The molecule has 0 unspecified atom stereocenters. The molecule has 1 saturated heterocycles. The molecule has 2 rings (SSSR count). The molecule has 0 saturated carbocycles. The van der Waals surface area contributed by atoms with E-state index in [-0.39, 0.29) is 17.6 Å². The molecule has 1 amide bonds. The molecule has 1 N–H and O–H groups in total. The van der Waals surface area contributed by atoms with Crippen LogP contribution in [-0.2, 0) is 4.79 Å². The van der Waals surface area contributed by atoms with Crippen LogP contribution in [0.2, 0.25) is 0 Å². The molecule has 1 aliphatic rings. The number of piperazine rings is 1. The maximum absolute atomic E-state index is 13.0. The number of carbonyl (C=O) groups is 1. The van der Waals surface area contributed by atoms with E-state index in [0.29, 0.717) is 6.54 Å². The lowest BCUT2D eigenvalue weighted by Crippen LogP contribution is -2.54. The van der Waals surface area contributed by atoms with Crippen molar-refractivity contribution in [3.8, 4) is 6.07 Å². The first-order chi connectivity index (χ1) is 11.3. The smallest absolute Gasteiger partial charge is 0.235 e. The van der Waals surface area contributed by atoms with Gasteiger partial charge in [0.2, 0.25) is 5.91 Å². The van der Waals surface area contributed by atoms with E-state index in [4.69, 9.17) is 0 Å². The highest BCUT2D eigenvalue weighted by atomic mass is 19.1. The molecule has 0 spiro atoms. The lowest BCUT2D eigenvalue weighted by atomic mass is 9.90. The molecule has 1 aromatic rings. The van der Waals surface area contributed by atoms with Crippen LogP contribution >= 0.6 is 0 Å². The maximum atomic E-state index is 13.0. The average molecular weight is 332 g/mol. The second-order valence-electron chi connectivity index (χ2n) is 6.76. The fourth-order valence-corrected chi connectivity index (χ4v) is 2.65. The summed E-state index contributed by atoms with van der Waals surface area (Å²) in [6.45, 7) is 8.99. The first-order valence-corrected chi connectivity index (χ1v) is 8.29. The van der Waals surface area contributed by atoms with Gasteiger partial charge in [0.15, 0.2) is 0 Å². The van der Waals surface area contributed by atoms with E-state index in [9.17, 15) is 14.4 Å². The highest BCUT2D eigenvalue weighted by Gasteiger charge is 2.30. The first-order valence-electron chi connectivity index (χ1n) is 8.29. The topological polar surface area (TPSA) is 59.4 Å². The van der Waals surface area contributed by atoms with Crippen LogP contribution in [0.4, 0.5) is 10.1 Å². The van der Waals surface area contributed by atoms with Gasteiger partial charge in [-0.3, -0.25) is 9.69 Å². The molecule has 0 radical (unpaired) electrons. The number of nitriles is 1. The third-order valence-electron chi connectivity index (χ3n) is 4.72. The minimum atomic E-state index is -0.840. The molecular weight excluding hydrogens is 307 g/mol. The molecule has 1 fully saturated rings. The molecule has 0 aliphatic carbocycles. The second kappa shape index (κ2) is 7.63. The van der Waals surface area contributed by atoms with Crippen LogP contribution in [0.3, 0.4) is 0 Å². The number of hydrogen-bond acceptors (Lipinski definition) is 4. The van der Waals surface area contributed by atoms with Crippen LogP contribution in [0.5, 0.6) is 0 Å². The molecule has 1 atom stereocenters. The normalized spacial score (nSPS) is 18.1. The van der Waals surface area contributed by atoms with Crippen molar-refractivity contribution < 1.29 is 9.18 Å². The van der Waals surface area contributed by atoms with E-state index in [1.165, 1.54) is 12.1 Å². The molecule has 1 heterocycles. The summed E-state index contributed by atoms with van der Waals surface area (Å²) in [4.78, 5) is 16.5. The Morgan fingerprint density at radius 3 is 2.38 bits per heavy atom. The fourth-order valence-electron chi connectivity index (χ4n) is 2.65. The monoisotopic (exact) mass is 332 g/mol. The Kier molecular flexibility index (Phi) is 5.79. The summed E-state index contributed by atoms with van der Waals surface area (Å²) in [6.07, 6.45) is 0. The Bertz CT molecular complexity index is 602. The minimum absolute atomic E-state index is 0.0433. The van der Waals surface area contributed by atoms with E-state index in [0.717, 1.165) is 31.9 Å². The zero-order valence-electron chi connectivity index (χ0n) is 14.6. The summed E-state index contributed by atoms with van der Waals surface area (Å²) >= 11 is 0. The molecule has 0 bridgehead atoms. The zero-order valence-corrected chi connectivity index (χ0v) is 14.6. The van der Waals surface area contributed by atoms with Gasteiger partial charge in [-0.05, 0) is 37.1 Å². The summed E-state index contributed by atoms with van der Waals surface area (Å²) in [6, 6.07) is 8.67. The van der Waals surface area contributed by atoms with Gasteiger partial charge < -0.3 is 10.2 Å². The van der Waals surface area contributed by atoms with Crippen LogP contribution in [0.1, 0.15) is 20.8 Å². The summed E-state index contributed by atoms with van der Waals surface area (Å²) < 4.78 is 13.0. The van der Waals surface area contributed by atoms with Gasteiger partial charge in [0.1, 0.15) is 11.4 Å². The third kappa shape index (κ3) is 4.45. The number of rotatable bonds is 5. The summed E-state index contributed by atoms with van der Waals surface area (Å²) in [5, 5.41) is 12.1. The lowest BCUT2D eigenvalue weighted by molar-refractivity contribution is -0.124. The molecular formula is C18H25FN4O. The van der Waals surface area contributed by atoms with Gasteiger partial charge in [-0.2, -0.15) is 5.26 Å². The van der Waals surface area contributed by atoms with Gasteiger partial charge in [-0.1, -0.05) is 13.8 Å². The summed E-state index contributed by atoms with van der Waals surface area (Å²) in [7, 11) is 0. The van der Waals surface area contributed by atoms with Crippen molar-refractivity contribution in [1.82, 2.24) is 10.2 Å². The lowest BCUT2D eigenvalue weighted by Gasteiger charge is -2.36. The number of hydrogen-bond donors (Lipinski definition) is 1. The van der Waals surface area contributed by atoms with Crippen molar-refractivity contribution >= 4 is 11.6 Å². The number of nitrogens with zero attached hydrogens (tertiary/aromatic N) is 3. The average Bonchev–Trinajstić information content (AvgIpc) is 2.56. The predicted octanol–water partition coefficient (Wildman–Crippen LogP) is 2.00. The summed E-state index contributed by atoms with van der Waals surface area (Å²) in [5.74, 6) is -0.315. The SMILES string of the molecule is CC(C)[C@](C)(C#N)NC(=O)CN1CCN(c2ccc(F)cc2)CC1. The van der Waals surface area contributed by atoms with Crippen molar-refractivity contribution in [2.75, 3.05) is 37.6 Å². The first kappa shape index (κ1) is 18.2. The quantitative estimate of drug-likeness (QED) is 0.896. The van der Waals surface area contributed by atoms with Crippen LogP contribution in [-0.4, -0.2) is 49.1 Å². The molecule has 1 aromatic carbocycles. The Morgan fingerprint density at radius 2 is 1.88 bits per heavy atom. The van der Waals surface area contributed by atoms with Crippen LogP contribution in [0.25, 0.3) is 0 Å². The molecule has 6 heteroatoms. The van der Waals surface area contributed by atoms with Crippen LogP contribution in [0, 0.1) is 23.1 Å². The Balaban J connectivity index is 1.83. The third-order valence-corrected chi connectivity index (χ3v) is 4.72. The van der Waals surface area contributed by atoms with Gasteiger partial charge in [0.25, 0.3) is 0 Å². The summed E-state index contributed by atoms with van der Waals surface area (Å²) in [5.41, 5.74) is 0.157. The van der Waals surface area contributed by atoms with Crippen molar-refractivity contribution in [2.24, 2.45) is 5.92 Å². The van der Waals surface area contributed by atoms with E-state index in [1.54, 1.807) is 19.1 Å². The number of anilines is 1. The Labute approximate surface area is 143 Å². The van der Waals surface area contributed by atoms with Crippen molar-refractivity contribution in [1.29, 1.82) is 5.26 Å². The fraction of sp³-hybridized carbons (Fsp3) is 0.556. The highest BCUT2D eigenvalue weighted by molar-refractivity contribution is 5.79. The minimum Gasteiger partial charge on any atom is -0.369 e. The maximum Gasteiger partial charge on any atom is 0.235 e. The number of halogens is 1. The standard InChI is InChI=1S/C18H25FN4O/c1-14(2)18(3,13-20)21-17(24)12-22-8-10-23(11-9-22)16-6-4-15(19)5-7-16/h4-7,14H,8-12H2,1-3H3,(H,21,24)/t18-/m0/s1. The van der Waals surface area contributed by atoms with Gasteiger partial charge >= 0.3 is 0 Å². The van der Waals surface area contributed by atoms with Crippen molar-refractivity contribution in [3.05, 3.63) is 30.1 Å². The van der Waals surface area contributed by atoms with E-state index < -0.39 is 5.54 Å². The van der Waals surface area contributed by atoms with Crippen LogP contribution in [0.15, 0.2) is 24.3 Å². The molecule has 24 heavy (non-hydrogen) atoms. The van der Waals surface area contributed by atoms with E-state index in [1.807, 2.05) is 13.8 Å². The van der Waals surface area contributed by atoms with Crippen molar-refractivity contribution in [3.63, 3.8) is 0 Å². The van der Waals surface area contributed by atoms with Gasteiger partial charge in [-0.25, -0.2) is 4.39 Å². The van der Waals surface area contributed by atoms with Crippen LogP contribution < -0.4 is 10.2 Å². The second-order valence-corrected chi connectivity index (χ2v) is 6.76. The number of carbonyl (C=O) groups excluding carboxylic acids is 1. The van der Waals surface area contributed by atoms with E-state index >= 15 is 0 Å². The number of nitrogens with one attached hydrogen (secondary N) is 1. The van der Waals surface area contributed by atoms with Gasteiger partial charge in [0.05, 0.1) is 12.6 Å². The highest BCUT2D eigenvalue weighted by Crippen LogP contribution is 2.17. The van der Waals surface area contributed by atoms with Gasteiger partial charge in [0, 0.05) is 31.9 Å². The zero-order chi connectivity index (χ0) is 17.7. The number of benzene rings is 1. The number of amides is 1. The van der Waals surface area contributed by atoms with Gasteiger partial charge in [-0.15, -0.1) is 0 Å². The predicted molar refractivity (Wildman–Crippen MR) is 92.1 cm³/mol. The Hall–Kier alpha value is -2.13. The largest absolute Gasteiger partial charge is 0.369 e. The molecule has 130 valence electrons. The molecule has 0 aromatic heterocycles.